The van der Waals surface area contributed by atoms with Gasteiger partial charge in [-0.3, -0.25) is 9.69 Å². The Hall–Kier alpha value is -2.19. The lowest BCUT2D eigenvalue weighted by Crippen LogP contribution is -2.71. The molecule has 1 N–H and O–H groups in total. The van der Waals surface area contributed by atoms with Gasteiger partial charge in [-0.05, 0) is 68.5 Å². The summed E-state index contributed by atoms with van der Waals surface area (Å²) < 4.78 is 26.1. The van der Waals surface area contributed by atoms with Crippen molar-refractivity contribution in [2.75, 3.05) is 11.5 Å². The van der Waals surface area contributed by atoms with Crippen LogP contribution < -0.4 is 15.0 Å². The van der Waals surface area contributed by atoms with E-state index in [1.165, 1.54) is 12.1 Å². The Morgan fingerprint density at radius 1 is 1.36 bits per heavy atom. The van der Waals surface area contributed by atoms with Gasteiger partial charge in [0.1, 0.15) is 17.5 Å². The molecule has 0 spiro atoms. The smallest absolute Gasteiger partial charge is 0.317 e. The van der Waals surface area contributed by atoms with Crippen LogP contribution in [0.4, 0.5) is 10.1 Å². The molecule has 0 unspecified atom stereocenters. The van der Waals surface area contributed by atoms with E-state index in [0.717, 1.165) is 10.0 Å². The zero-order valence-electron chi connectivity index (χ0n) is 15.2. The number of rotatable bonds is 3. The molecule has 2 aliphatic heterocycles. The van der Waals surface area contributed by atoms with Crippen molar-refractivity contribution in [3.8, 4) is 5.75 Å². The SMILES string of the molecule is CCOC(=O)[C@@H]1[C@@H]2NC(=S)N(c3ccc(F)cc3)[C@@]1(C)Oc1ccc(Br)cc12. The number of carbonyl (C=O) groups is 1. The highest BCUT2D eigenvalue weighted by Gasteiger charge is 2.59. The minimum atomic E-state index is -1.14. The number of halogens is 2. The summed E-state index contributed by atoms with van der Waals surface area (Å²) >= 11 is 9.08. The third kappa shape index (κ3) is 2.95. The Balaban J connectivity index is 1.89. The molecular formula is C20H18BrFN2O3S. The van der Waals surface area contributed by atoms with Crippen molar-refractivity contribution in [3.63, 3.8) is 0 Å². The van der Waals surface area contributed by atoms with Crippen molar-refractivity contribution in [1.82, 2.24) is 5.32 Å². The average molecular weight is 465 g/mol. The van der Waals surface area contributed by atoms with Crippen LogP contribution in [0.2, 0.25) is 0 Å². The molecule has 0 radical (unpaired) electrons. The van der Waals surface area contributed by atoms with E-state index in [0.29, 0.717) is 16.5 Å². The van der Waals surface area contributed by atoms with Gasteiger partial charge < -0.3 is 14.8 Å². The van der Waals surface area contributed by atoms with Crippen molar-refractivity contribution in [1.29, 1.82) is 0 Å². The van der Waals surface area contributed by atoms with Crippen LogP contribution >= 0.6 is 28.1 Å². The van der Waals surface area contributed by atoms with E-state index in [4.69, 9.17) is 21.7 Å². The topological polar surface area (TPSA) is 50.8 Å². The molecule has 3 atom stereocenters. The molecule has 0 amide bonds. The van der Waals surface area contributed by atoms with Gasteiger partial charge in [-0.25, -0.2) is 4.39 Å². The molecule has 2 heterocycles. The minimum Gasteiger partial charge on any atom is -0.466 e. The van der Waals surface area contributed by atoms with Crippen molar-refractivity contribution in [2.24, 2.45) is 5.92 Å². The highest BCUT2D eigenvalue weighted by molar-refractivity contribution is 9.10. The molecule has 2 bridgehead atoms. The number of hydrogen-bond acceptors (Lipinski definition) is 4. The number of nitrogens with zero attached hydrogens (tertiary/aromatic N) is 1. The minimum absolute atomic E-state index is 0.254. The van der Waals surface area contributed by atoms with Crippen molar-refractivity contribution in [2.45, 2.75) is 25.6 Å². The van der Waals surface area contributed by atoms with E-state index in [-0.39, 0.29) is 18.4 Å². The first-order chi connectivity index (χ1) is 13.3. The highest BCUT2D eigenvalue weighted by Crippen LogP contribution is 2.50. The first kappa shape index (κ1) is 19.1. The molecule has 28 heavy (non-hydrogen) atoms. The van der Waals surface area contributed by atoms with Crippen LogP contribution in [0.15, 0.2) is 46.9 Å². The molecule has 1 saturated heterocycles. The summed E-state index contributed by atoms with van der Waals surface area (Å²) in [5.41, 5.74) is 0.304. The lowest BCUT2D eigenvalue weighted by molar-refractivity contribution is -0.159. The number of hydrogen-bond donors (Lipinski definition) is 1. The summed E-state index contributed by atoms with van der Waals surface area (Å²) in [5, 5.41) is 3.66. The van der Waals surface area contributed by atoms with Crippen molar-refractivity contribution >= 4 is 44.9 Å². The highest BCUT2D eigenvalue weighted by atomic mass is 79.9. The maximum absolute atomic E-state index is 13.5. The molecule has 0 aromatic heterocycles. The van der Waals surface area contributed by atoms with Gasteiger partial charge in [0.05, 0.1) is 12.6 Å². The van der Waals surface area contributed by atoms with Gasteiger partial charge >= 0.3 is 5.97 Å². The largest absolute Gasteiger partial charge is 0.466 e. The second-order valence-corrected chi connectivity index (χ2v) is 8.11. The number of thiocarbonyl (C=S) groups is 1. The second-order valence-electron chi connectivity index (χ2n) is 6.81. The van der Waals surface area contributed by atoms with Crippen molar-refractivity contribution < 1.29 is 18.7 Å². The Morgan fingerprint density at radius 2 is 2.07 bits per heavy atom. The molecular weight excluding hydrogens is 447 g/mol. The van der Waals surface area contributed by atoms with E-state index in [1.807, 2.05) is 25.1 Å². The number of ether oxygens (including phenoxy) is 2. The standard InChI is InChI=1S/C20H18BrFN2O3S/c1-3-26-18(25)16-17-14-10-11(21)4-9-15(14)27-20(16,2)24(19(28)23-17)13-7-5-12(22)6-8-13/h4-10,16-17H,3H2,1-2H3,(H,23,28)/t16-,17+,20-/m0/s1. The first-order valence-electron chi connectivity index (χ1n) is 8.86. The van der Waals surface area contributed by atoms with E-state index in [1.54, 1.807) is 24.0 Å². The predicted octanol–water partition coefficient (Wildman–Crippen LogP) is 4.31. The normalized spacial score (nSPS) is 25.4. The van der Waals surface area contributed by atoms with E-state index in [2.05, 4.69) is 21.2 Å². The van der Waals surface area contributed by atoms with Gasteiger partial charge in [-0.2, -0.15) is 0 Å². The molecule has 2 aromatic carbocycles. The number of carbonyl (C=O) groups excluding carboxylic acids is 1. The molecule has 5 nitrogen and oxygen atoms in total. The van der Waals surface area contributed by atoms with Gasteiger partial charge in [-0.15, -0.1) is 0 Å². The predicted molar refractivity (Wildman–Crippen MR) is 111 cm³/mol. The van der Waals surface area contributed by atoms with Crippen LogP contribution in [-0.4, -0.2) is 23.4 Å². The molecule has 1 fully saturated rings. The molecule has 2 aliphatic rings. The monoisotopic (exact) mass is 464 g/mol. The zero-order chi connectivity index (χ0) is 20.1. The maximum atomic E-state index is 13.5. The van der Waals surface area contributed by atoms with E-state index < -0.39 is 17.7 Å². The summed E-state index contributed by atoms with van der Waals surface area (Å²) in [6, 6.07) is 11.1. The summed E-state index contributed by atoms with van der Waals surface area (Å²) in [4.78, 5) is 14.7. The van der Waals surface area contributed by atoms with Crippen LogP contribution in [0.3, 0.4) is 0 Å². The van der Waals surface area contributed by atoms with Crippen LogP contribution in [0.1, 0.15) is 25.5 Å². The third-order valence-corrected chi connectivity index (χ3v) is 5.88. The maximum Gasteiger partial charge on any atom is 0.317 e. The van der Waals surface area contributed by atoms with Crippen LogP contribution in [0, 0.1) is 11.7 Å². The van der Waals surface area contributed by atoms with E-state index >= 15 is 0 Å². The zero-order valence-corrected chi connectivity index (χ0v) is 17.6. The second kappa shape index (κ2) is 7.00. The number of esters is 1. The van der Waals surface area contributed by atoms with Gasteiger partial charge in [0, 0.05) is 15.7 Å². The molecule has 2 aromatic rings. The Bertz CT molecular complexity index is 955. The fraction of sp³-hybridized carbons (Fsp3) is 0.300. The summed E-state index contributed by atoms with van der Waals surface area (Å²) in [5.74, 6) is -0.781. The first-order valence-corrected chi connectivity index (χ1v) is 10.1. The molecule has 8 heteroatoms. The molecule has 4 rings (SSSR count). The fourth-order valence-corrected chi connectivity index (χ4v) is 4.72. The number of benzene rings is 2. The summed E-state index contributed by atoms with van der Waals surface area (Å²) in [6.45, 7) is 3.83. The van der Waals surface area contributed by atoms with Crippen LogP contribution in [0.5, 0.6) is 5.75 Å². The Kier molecular flexibility index (Phi) is 4.79. The van der Waals surface area contributed by atoms with Crippen LogP contribution in [0.25, 0.3) is 0 Å². The third-order valence-electron chi connectivity index (χ3n) is 5.09. The molecule has 0 saturated carbocycles. The van der Waals surface area contributed by atoms with Gasteiger partial charge in [0.25, 0.3) is 0 Å². The quantitative estimate of drug-likeness (QED) is 0.539. The average Bonchev–Trinajstić information content (AvgIpc) is 2.63. The summed E-state index contributed by atoms with van der Waals surface area (Å²) in [6.07, 6.45) is 0. The lowest BCUT2D eigenvalue weighted by Gasteiger charge is -2.55. The summed E-state index contributed by atoms with van der Waals surface area (Å²) in [7, 11) is 0. The van der Waals surface area contributed by atoms with Gasteiger partial charge in [0.15, 0.2) is 5.11 Å². The number of fused-ring (bicyclic) bond motifs is 4. The fourth-order valence-electron chi connectivity index (χ4n) is 3.93. The lowest BCUT2D eigenvalue weighted by atomic mass is 9.79. The Labute approximate surface area is 175 Å². The van der Waals surface area contributed by atoms with Crippen molar-refractivity contribution in [3.05, 3.63) is 58.3 Å². The van der Waals surface area contributed by atoms with Gasteiger partial charge in [0.2, 0.25) is 5.72 Å². The number of anilines is 1. The number of nitrogens with one attached hydrogen (secondary N) is 1. The van der Waals surface area contributed by atoms with Gasteiger partial charge in [-0.1, -0.05) is 15.9 Å². The Morgan fingerprint density at radius 3 is 2.75 bits per heavy atom. The van der Waals surface area contributed by atoms with E-state index in [9.17, 15) is 9.18 Å². The molecule has 0 aliphatic carbocycles. The molecule has 146 valence electrons. The van der Waals surface area contributed by atoms with Crippen LogP contribution in [-0.2, 0) is 9.53 Å².